The highest BCUT2D eigenvalue weighted by atomic mass is 19.1. The van der Waals surface area contributed by atoms with Crippen molar-refractivity contribution in [1.29, 1.82) is 0 Å². The fourth-order valence-electron chi connectivity index (χ4n) is 1.38. The van der Waals surface area contributed by atoms with E-state index in [1.807, 2.05) is 12.1 Å². The Kier molecular flexibility index (Phi) is 4.44. The first kappa shape index (κ1) is 13.4. The Balaban J connectivity index is 2.49. The van der Waals surface area contributed by atoms with Gasteiger partial charge in [0.2, 0.25) is 0 Å². The van der Waals surface area contributed by atoms with Crippen LogP contribution in [0.1, 0.15) is 32.3 Å². The summed E-state index contributed by atoms with van der Waals surface area (Å²) in [5.41, 5.74) is 0.0739. The summed E-state index contributed by atoms with van der Waals surface area (Å²) in [6, 6.07) is 6.29. The molecule has 0 saturated carbocycles. The zero-order valence-electron chi connectivity index (χ0n) is 10.1. The maximum Gasteiger partial charge on any atom is 0.309 e. The molecular weight excluding hydrogens is 219 g/mol. The monoisotopic (exact) mass is 236 g/mol. The van der Waals surface area contributed by atoms with Crippen molar-refractivity contribution >= 4 is 12.0 Å². The molecule has 0 bridgehead atoms. The molecule has 0 radical (unpaired) electrons. The quantitative estimate of drug-likeness (QED) is 0.845. The Morgan fingerprint density at radius 1 is 1.47 bits per heavy atom. The molecule has 1 rings (SSSR count). The first-order valence-corrected chi connectivity index (χ1v) is 5.57. The number of hydrogen-bond acceptors (Lipinski definition) is 1. The van der Waals surface area contributed by atoms with Gasteiger partial charge in [0.25, 0.3) is 0 Å². The number of halogens is 1. The maximum absolute atomic E-state index is 12.9. The van der Waals surface area contributed by atoms with E-state index in [0.29, 0.717) is 12.8 Å². The first-order valence-electron chi connectivity index (χ1n) is 5.57. The molecule has 0 amide bonds. The van der Waals surface area contributed by atoms with Crippen LogP contribution in [0.5, 0.6) is 0 Å². The van der Waals surface area contributed by atoms with E-state index in [9.17, 15) is 9.18 Å². The van der Waals surface area contributed by atoms with E-state index in [2.05, 4.69) is 0 Å². The Morgan fingerprint density at radius 3 is 2.76 bits per heavy atom. The van der Waals surface area contributed by atoms with Gasteiger partial charge >= 0.3 is 5.97 Å². The highest BCUT2D eigenvalue weighted by molar-refractivity contribution is 5.73. The van der Waals surface area contributed by atoms with E-state index in [0.717, 1.165) is 5.56 Å². The molecule has 0 aliphatic rings. The number of hydrogen-bond donors (Lipinski definition) is 1. The van der Waals surface area contributed by atoms with Gasteiger partial charge in [-0.15, -0.1) is 0 Å². The van der Waals surface area contributed by atoms with Gasteiger partial charge in [0.15, 0.2) is 0 Å². The van der Waals surface area contributed by atoms with Crippen LogP contribution < -0.4 is 0 Å². The third-order valence-corrected chi connectivity index (χ3v) is 2.67. The number of rotatable bonds is 5. The van der Waals surface area contributed by atoms with Gasteiger partial charge in [0, 0.05) is 0 Å². The molecule has 17 heavy (non-hydrogen) atoms. The van der Waals surface area contributed by atoms with Crippen LogP contribution in [0.15, 0.2) is 30.3 Å². The summed E-state index contributed by atoms with van der Waals surface area (Å²) in [5, 5.41) is 8.92. The van der Waals surface area contributed by atoms with Crippen LogP contribution in [0.25, 0.3) is 6.08 Å². The molecule has 0 spiro atoms. The van der Waals surface area contributed by atoms with E-state index >= 15 is 0 Å². The molecule has 2 nitrogen and oxygen atoms in total. The Labute approximate surface area is 101 Å². The number of carboxylic acids is 1. The molecule has 0 heterocycles. The molecule has 0 atom stereocenters. The predicted molar refractivity (Wildman–Crippen MR) is 66.1 cm³/mol. The van der Waals surface area contributed by atoms with Crippen molar-refractivity contribution in [3.05, 3.63) is 41.7 Å². The summed E-state index contributed by atoms with van der Waals surface area (Å²) >= 11 is 0. The number of carboxylic acid groups (broad SMARTS) is 1. The molecule has 1 N–H and O–H groups in total. The highest BCUT2D eigenvalue weighted by Crippen LogP contribution is 2.22. The molecule has 0 aliphatic carbocycles. The lowest BCUT2D eigenvalue weighted by molar-refractivity contribution is -0.147. The summed E-state index contributed by atoms with van der Waals surface area (Å²) in [7, 11) is 0. The van der Waals surface area contributed by atoms with Gasteiger partial charge in [-0.25, -0.2) is 4.39 Å². The standard InChI is InChI=1S/C14H17FO2/c1-14(2,13(16)17)9-4-3-6-11-7-5-8-12(15)10-11/h3,5-8,10H,4,9H2,1-2H3,(H,16,17)/b6-3+. The lowest BCUT2D eigenvalue weighted by Crippen LogP contribution is -2.22. The van der Waals surface area contributed by atoms with Gasteiger partial charge in [-0.1, -0.05) is 24.3 Å². The summed E-state index contributed by atoms with van der Waals surface area (Å²) in [6.07, 6.45) is 4.91. The van der Waals surface area contributed by atoms with Crippen LogP contribution in [-0.4, -0.2) is 11.1 Å². The summed E-state index contributed by atoms with van der Waals surface area (Å²) < 4.78 is 12.9. The lowest BCUT2D eigenvalue weighted by atomic mass is 9.88. The van der Waals surface area contributed by atoms with Crippen molar-refractivity contribution in [2.75, 3.05) is 0 Å². The molecule has 0 fully saturated rings. The topological polar surface area (TPSA) is 37.3 Å². The molecule has 1 aromatic rings. The molecule has 0 saturated heterocycles. The van der Waals surface area contributed by atoms with Crippen LogP contribution in [0.3, 0.4) is 0 Å². The van der Waals surface area contributed by atoms with E-state index in [1.54, 1.807) is 26.0 Å². The molecule has 0 aromatic heterocycles. The minimum absolute atomic E-state index is 0.266. The highest BCUT2D eigenvalue weighted by Gasteiger charge is 2.25. The zero-order chi connectivity index (χ0) is 12.9. The van der Waals surface area contributed by atoms with Crippen LogP contribution in [0, 0.1) is 11.2 Å². The molecule has 0 aliphatic heterocycles. The predicted octanol–water partition coefficient (Wildman–Crippen LogP) is 3.73. The molecule has 0 unspecified atom stereocenters. The molecule has 92 valence electrons. The number of carbonyl (C=O) groups is 1. The van der Waals surface area contributed by atoms with Crippen LogP contribution in [0.2, 0.25) is 0 Å². The van der Waals surface area contributed by atoms with Crippen molar-refractivity contribution < 1.29 is 14.3 Å². The van der Waals surface area contributed by atoms with Crippen molar-refractivity contribution in [2.45, 2.75) is 26.7 Å². The second kappa shape index (κ2) is 5.62. The average molecular weight is 236 g/mol. The van der Waals surface area contributed by atoms with Crippen LogP contribution in [0.4, 0.5) is 4.39 Å². The Hall–Kier alpha value is -1.64. The lowest BCUT2D eigenvalue weighted by Gasteiger charge is -2.17. The third kappa shape index (κ3) is 4.39. The average Bonchev–Trinajstić information content (AvgIpc) is 2.24. The van der Waals surface area contributed by atoms with Gasteiger partial charge in [-0.3, -0.25) is 4.79 Å². The number of benzene rings is 1. The SMILES string of the molecule is CC(C)(CC/C=C/c1cccc(F)c1)C(=O)O. The minimum Gasteiger partial charge on any atom is -0.481 e. The van der Waals surface area contributed by atoms with Gasteiger partial charge in [0.1, 0.15) is 5.82 Å². The van der Waals surface area contributed by atoms with Gasteiger partial charge in [-0.05, 0) is 44.4 Å². The second-order valence-electron chi connectivity index (χ2n) is 4.69. The summed E-state index contributed by atoms with van der Waals surface area (Å²) in [5.74, 6) is -1.06. The summed E-state index contributed by atoms with van der Waals surface area (Å²) in [6.45, 7) is 3.40. The van der Waals surface area contributed by atoms with E-state index in [1.165, 1.54) is 12.1 Å². The fraction of sp³-hybridized carbons (Fsp3) is 0.357. The smallest absolute Gasteiger partial charge is 0.309 e. The van der Waals surface area contributed by atoms with Crippen molar-refractivity contribution in [2.24, 2.45) is 5.41 Å². The summed E-state index contributed by atoms with van der Waals surface area (Å²) in [4.78, 5) is 10.9. The fourth-order valence-corrected chi connectivity index (χ4v) is 1.38. The number of aliphatic carboxylic acids is 1. The van der Waals surface area contributed by atoms with E-state index in [-0.39, 0.29) is 5.82 Å². The minimum atomic E-state index is -0.795. The molecular formula is C14H17FO2. The Bertz CT molecular complexity index is 422. The van der Waals surface area contributed by atoms with Crippen LogP contribution >= 0.6 is 0 Å². The van der Waals surface area contributed by atoms with Crippen molar-refractivity contribution in [3.63, 3.8) is 0 Å². The van der Waals surface area contributed by atoms with Crippen LogP contribution in [-0.2, 0) is 4.79 Å². The van der Waals surface area contributed by atoms with E-state index in [4.69, 9.17) is 5.11 Å². The number of allylic oxidation sites excluding steroid dienone is 1. The third-order valence-electron chi connectivity index (χ3n) is 2.67. The molecule has 1 aromatic carbocycles. The van der Waals surface area contributed by atoms with Crippen molar-refractivity contribution in [1.82, 2.24) is 0 Å². The second-order valence-corrected chi connectivity index (χ2v) is 4.69. The Morgan fingerprint density at radius 2 is 2.18 bits per heavy atom. The van der Waals surface area contributed by atoms with E-state index < -0.39 is 11.4 Å². The first-order chi connectivity index (χ1) is 7.92. The largest absolute Gasteiger partial charge is 0.481 e. The maximum atomic E-state index is 12.9. The van der Waals surface area contributed by atoms with Gasteiger partial charge < -0.3 is 5.11 Å². The zero-order valence-corrected chi connectivity index (χ0v) is 10.1. The molecule has 3 heteroatoms. The van der Waals surface area contributed by atoms with Gasteiger partial charge in [0.05, 0.1) is 5.41 Å². The normalized spacial score (nSPS) is 11.9. The van der Waals surface area contributed by atoms with Crippen molar-refractivity contribution in [3.8, 4) is 0 Å². The van der Waals surface area contributed by atoms with Gasteiger partial charge in [-0.2, -0.15) is 0 Å².